The molecule has 8 heteroatoms. The van der Waals surface area contributed by atoms with Crippen LogP contribution in [0.1, 0.15) is 35.1 Å². The van der Waals surface area contributed by atoms with Crippen molar-refractivity contribution >= 4 is 16.8 Å². The van der Waals surface area contributed by atoms with Gasteiger partial charge in [0.2, 0.25) is 0 Å². The minimum atomic E-state index is -0.0456. The highest BCUT2D eigenvalue weighted by atomic mass is 16.5. The average Bonchev–Trinajstić information content (AvgIpc) is 3.41. The molecule has 4 heterocycles. The van der Waals surface area contributed by atoms with Gasteiger partial charge in [-0.3, -0.25) is 9.69 Å². The zero-order chi connectivity index (χ0) is 19.6. The van der Waals surface area contributed by atoms with E-state index in [0.29, 0.717) is 38.0 Å². The van der Waals surface area contributed by atoms with Crippen LogP contribution in [0.4, 0.5) is 0 Å². The molecule has 0 unspecified atom stereocenters. The molecule has 0 atom stereocenters. The topological polar surface area (TPSA) is 79.3 Å². The number of rotatable bonds is 4. The van der Waals surface area contributed by atoms with Gasteiger partial charge in [0.05, 0.1) is 25.5 Å². The van der Waals surface area contributed by atoms with Gasteiger partial charge in [0, 0.05) is 43.9 Å². The maximum atomic E-state index is 12.6. The Balaban J connectivity index is 1.17. The van der Waals surface area contributed by atoms with Crippen LogP contribution in [0.2, 0.25) is 0 Å². The van der Waals surface area contributed by atoms with E-state index in [1.807, 2.05) is 10.9 Å². The van der Waals surface area contributed by atoms with E-state index in [0.717, 1.165) is 32.5 Å². The summed E-state index contributed by atoms with van der Waals surface area (Å²) in [5.41, 5.74) is 2.88. The monoisotopic (exact) mass is 394 g/mol. The summed E-state index contributed by atoms with van der Waals surface area (Å²) >= 11 is 0. The molecule has 0 spiro atoms. The van der Waals surface area contributed by atoms with Crippen LogP contribution in [-0.4, -0.2) is 75.1 Å². The standard InChI is InChI=1S/C21H26N6O2/c28-21(26-9-11-29-12-10-26)20-15-27(24-23-20)18-5-7-25(8-6-18)14-17-13-16-3-1-2-4-19(16)22-17/h1-4,13,15,18,22H,5-12,14H2. The molecule has 0 bridgehead atoms. The van der Waals surface area contributed by atoms with Crippen LogP contribution in [0, 0.1) is 0 Å². The zero-order valence-corrected chi connectivity index (χ0v) is 16.5. The number of nitrogens with zero attached hydrogens (tertiary/aromatic N) is 5. The first kappa shape index (κ1) is 18.3. The molecule has 2 aromatic heterocycles. The third-order valence-corrected chi connectivity index (χ3v) is 5.94. The van der Waals surface area contributed by atoms with Crippen molar-refractivity contribution in [2.24, 2.45) is 0 Å². The summed E-state index contributed by atoms with van der Waals surface area (Å²) in [5.74, 6) is -0.0456. The third-order valence-electron chi connectivity index (χ3n) is 5.94. The molecule has 0 saturated carbocycles. The summed E-state index contributed by atoms with van der Waals surface area (Å²) in [7, 11) is 0. The molecule has 2 saturated heterocycles. The number of hydrogen-bond acceptors (Lipinski definition) is 5. The second kappa shape index (κ2) is 7.96. The number of aromatic nitrogens is 4. The maximum Gasteiger partial charge on any atom is 0.276 e. The number of H-pyrrole nitrogens is 1. The lowest BCUT2D eigenvalue weighted by Gasteiger charge is -2.31. The van der Waals surface area contributed by atoms with E-state index >= 15 is 0 Å². The van der Waals surface area contributed by atoms with Crippen LogP contribution < -0.4 is 0 Å². The highest BCUT2D eigenvalue weighted by molar-refractivity contribution is 5.92. The fourth-order valence-corrected chi connectivity index (χ4v) is 4.28. The number of carbonyl (C=O) groups is 1. The molecular formula is C21H26N6O2. The molecule has 152 valence electrons. The highest BCUT2D eigenvalue weighted by Crippen LogP contribution is 2.24. The third kappa shape index (κ3) is 3.90. The summed E-state index contributed by atoms with van der Waals surface area (Å²) in [6, 6.07) is 10.9. The van der Waals surface area contributed by atoms with E-state index in [4.69, 9.17) is 4.74 Å². The van der Waals surface area contributed by atoms with Gasteiger partial charge in [-0.15, -0.1) is 5.10 Å². The molecule has 5 rings (SSSR count). The number of carbonyl (C=O) groups excluding carboxylic acids is 1. The fourth-order valence-electron chi connectivity index (χ4n) is 4.28. The SMILES string of the molecule is O=C(c1cn(C2CCN(Cc3cc4ccccc4[nH]3)CC2)nn1)N1CCOCC1. The van der Waals surface area contributed by atoms with Crippen molar-refractivity contribution in [2.75, 3.05) is 39.4 Å². The predicted octanol–water partition coefficient (Wildman–Crippen LogP) is 2.07. The van der Waals surface area contributed by atoms with Crippen LogP contribution in [0.15, 0.2) is 36.5 Å². The number of ether oxygens (including phenoxy) is 1. The van der Waals surface area contributed by atoms with E-state index in [2.05, 4.69) is 50.5 Å². The first-order valence-electron chi connectivity index (χ1n) is 10.3. The number of nitrogens with one attached hydrogen (secondary N) is 1. The predicted molar refractivity (Wildman–Crippen MR) is 109 cm³/mol. The van der Waals surface area contributed by atoms with E-state index in [9.17, 15) is 4.79 Å². The van der Waals surface area contributed by atoms with Gasteiger partial charge >= 0.3 is 0 Å². The van der Waals surface area contributed by atoms with Gasteiger partial charge in [-0.25, -0.2) is 4.68 Å². The summed E-state index contributed by atoms with van der Waals surface area (Å²) in [6.45, 7) is 5.37. The Bertz CT molecular complexity index is 949. The van der Waals surface area contributed by atoms with Crippen molar-refractivity contribution in [2.45, 2.75) is 25.4 Å². The number of hydrogen-bond donors (Lipinski definition) is 1. The van der Waals surface area contributed by atoms with Gasteiger partial charge in [0.15, 0.2) is 5.69 Å². The molecule has 1 N–H and O–H groups in total. The molecular weight excluding hydrogens is 368 g/mol. The lowest BCUT2D eigenvalue weighted by molar-refractivity contribution is 0.0299. The van der Waals surface area contributed by atoms with Crippen molar-refractivity contribution in [1.82, 2.24) is 29.8 Å². The van der Waals surface area contributed by atoms with Crippen molar-refractivity contribution < 1.29 is 9.53 Å². The molecule has 2 aliphatic rings. The quantitative estimate of drug-likeness (QED) is 0.733. The number of benzene rings is 1. The molecule has 8 nitrogen and oxygen atoms in total. The van der Waals surface area contributed by atoms with Crippen molar-refractivity contribution in [3.8, 4) is 0 Å². The van der Waals surface area contributed by atoms with Gasteiger partial charge < -0.3 is 14.6 Å². The van der Waals surface area contributed by atoms with Gasteiger partial charge in [0.25, 0.3) is 5.91 Å². The largest absolute Gasteiger partial charge is 0.378 e. The van der Waals surface area contributed by atoms with Crippen LogP contribution >= 0.6 is 0 Å². The molecule has 2 aliphatic heterocycles. The van der Waals surface area contributed by atoms with Crippen LogP contribution in [0.3, 0.4) is 0 Å². The van der Waals surface area contributed by atoms with Gasteiger partial charge in [-0.2, -0.15) is 0 Å². The van der Waals surface area contributed by atoms with Gasteiger partial charge in [-0.1, -0.05) is 23.4 Å². The Morgan fingerprint density at radius 2 is 1.93 bits per heavy atom. The second-order valence-corrected chi connectivity index (χ2v) is 7.88. The van der Waals surface area contributed by atoms with Crippen LogP contribution in [0.5, 0.6) is 0 Å². The number of likely N-dealkylation sites (tertiary alicyclic amines) is 1. The molecule has 0 aliphatic carbocycles. The summed E-state index contributed by atoms with van der Waals surface area (Å²) in [4.78, 5) is 20.3. The Hall–Kier alpha value is -2.71. The lowest BCUT2D eigenvalue weighted by Crippen LogP contribution is -2.40. The fraction of sp³-hybridized carbons (Fsp3) is 0.476. The minimum absolute atomic E-state index is 0.0456. The van der Waals surface area contributed by atoms with Crippen molar-refractivity contribution in [3.63, 3.8) is 0 Å². The smallest absolute Gasteiger partial charge is 0.276 e. The van der Waals surface area contributed by atoms with Crippen LogP contribution in [-0.2, 0) is 11.3 Å². The van der Waals surface area contributed by atoms with Crippen LogP contribution in [0.25, 0.3) is 10.9 Å². The molecule has 1 amide bonds. The number of aromatic amines is 1. The molecule has 29 heavy (non-hydrogen) atoms. The Morgan fingerprint density at radius 3 is 2.72 bits per heavy atom. The first-order valence-corrected chi connectivity index (χ1v) is 10.3. The number of piperidine rings is 1. The minimum Gasteiger partial charge on any atom is -0.378 e. The molecule has 2 fully saturated rings. The molecule has 0 radical (unpaired) electrons. The van der Waals surface area contributed by atoms with Gasteiger partial charge in [-0.05, 0) is 30.4 Å². The highest BCUT2D eigenvalue weighted by Gasteiger charge is 2.25. The summed E-state index contributed by atoms with van der Waals surface area (Å²) in [6.07, 6.45) is 3.83. The Morgan fingerprint density at radius 1 is 1.14 bits per heavy atom. The van der Waals surface area contributed by atoms with E-state index in [-0.39, 0.29) is 5.91 Å². The summed E-state index contributed by atoms with van der Waals surface area (Å²) < 4.78 is 7.20. The number of para-hydroxylation sites is 1. The van der Waals surface area contributed by atoms with Crippen molar-refractivity contribution in [3.05, 3.63) is 47.9 Å². The molecule has 3 aromatic rings. The number of fused-ring (bicyclic) bond motifs is 1. The number of morpholine rings is 1. The second-order valence-electron chi connectivity index (χ2n) is 7.88. The Kier molecular flexibility index (Phi) is 5.03. The first-order chi connectivity index (χ1) is 14.3. The normalized spacial score (nSPS) is 19.1. The van der Waals surface area contributed by atoms with E-state index in [1.54, 1.807) is 4.90 Å². The number of amides is 1. The Labute approximate surface area is 169 Å². The zero-order valence-electron chi connectivity index (χ0n) is 16.5. The summed E-state index contributed by atoms with van der Waals surface area (Å²) in [5, 5.41) is 9.66. The molecule has 1 aromatic carbocycles. The maximum absolute atomic E-state index is 12.6. The van der Waals surface area contributed by atoms with Crippen molar-refractivity contribution in [1.29, 1.82) is 0 Å². The van der Waals surface area contributed by atoms with E-state index in [1.165, 1.54) is 16.6 Å². The van der Waals surface area contributed by atoms with E-state index < -0.39 is 0 Å². The average molecular weight is 394 g/mol. The lowest BCUT2D eigenvalue weighted by atomic mass is 10.1. The van der Waals surface area contributed by atoms with Gasteiger partial charge in [0.1, 0.15) is 0 Å².